The lowest BCUT2D eigenvalue weighted by Gasteiger charge is -2.16. The minimum absolute atomic E-state index is 0.0648. The van der Waals surface area contributed by atoms with Crippen LogP contribution < -0.4 is 0 Å². The molecule has 0 spiro atoms. The van der Waals surface area contributed by atoms with Gasteiger partial charge in [-0.05, 0) is 42.8 Å². The van der Waals surface area contributed by atoms with Crippen molar-refractivity contribution in [2.24, 2.45) is 0 Å². The van der Waals surface area contributed by atoms with E-state index in [1.165, 1.54) is 30.4 Å². The molecular formula is C17H16FNO3S. The lowest BCUT2D eigenvalue weighted by atomic mass is 10.2. The quantitative estimate of drug-likeness (QED) is 0.731. The van der Waals surface area contributed by atoms with Gasteiger partial charge in [0.2, 0.25) is 10.0 Å². The Bertz CT molecular complexity index is 930. The molecule has 0 saturated carbocycles. The van der Waals surface area contributed by atoms with E-state index in [1.54, 1.807) is 0 Å². The average molecular weight is 333 g/mol. The number of aryl methyl sites for hydroxylation is 1. The van der Waals surface area contributed by atoms with E-state index in [9.17, 15) is 12.8 Å². The molecule has 23 heavy (non-hydrogen) atoms. The lowest BCUT2D eigenvalue weighted by molar-refractivity contribution is 0.417. The Morgan fingerprint density at radius 1 is 1.13 bits per heavy atom. The first-order chi connectivity index (χ1) is 10.9. The first-order valence-corrected chi connectivity index (χ1v) is 8.52. The van der Waals surface area contributed by atoms with Crippen LogP contribution in [0.1, 0.15) is 11.3 Å². The maximum atomic E-state index is 13.3. The molecule has 3 aromatic rings. The number of benzene rings is 2. The van der Waals surface area contributed by atoms with Crippen LogP contribution in [0.2, 0.25) is 0 Å². The highest BCUT2D eigenvalue weighted by atomic mass is 32.2. The van der Waals surface area contributed by atoms with Crippen LogP contribution >= 0.6 is 0 Å². The van der Waals surface area contributed by atoms with Crippen molar-refractivity contribution in [3.63, 3.8) is 0 Å². The van der Waals surface area contributed by atoms with Crippen LogP contribution in [0.25, 0.3) is 11.0 Å². The standard InChI is InChI=1S/C17H16FNO3S/c1-12-9-15(7-8-16(12)18)23(20,21)19(2)11-14-10-13-5-3-4-6-17(13)22-14/h3-10H,11H2,1-2H3. The molecule has 1 heterocycles. The van der Waals surface area contributed by atoms with Gasteiger partial charge in [-0.1, -0.05) is 18.2 Å². The van der Waals surface area contributed by atoms with Gasteiger partial charge >= 0.3 is 0 Å². The van der Waals surface area contributed by atoms with Crippen molar-refractivity contribution in [1.29, 1.82) is 0 Å². The fourth-order valence-corrected chi connectivity index (χ4v) is 3.60. The van der Waals surface area contributed by atoms with Gasteiger partial charge in [-0.15, -0.1) is 0 Å². The van der Waals surface area contributed by atoms with Crippen molar-refractivity contribution in [3.05, 3.63) is 65.7 Å². The highest BCUT2D eigenvalue weighted by Crippen LogP contribution is 2.23. The molecular weight excluding hydrogens is 317 g/mol. The zero-order valence-corrected chi connectivity index (χ0v) is 13.6. The molecule has 6 heteroatoms. The highest BCUT2D eigenvalue weighted by Gasteiger charge is 2.22. The van der Waals surface area contributed by atoms with E-state index in [1.807, 2.05) is 30.3 Å². The van der Waals surface area contributed by atoms with E-state index in [4.69, 9.17) is 4.42 Å². The largest absolute Gasteiger partial charge is 0.460 e. The van der Waals surface area contributed by atoms with Crippen LogP contribution in [0.5, 0.6) is 0 Å². The van der Waals surface area contributed by atoms with Crippen LogP contribution in [-0.2, 0) is 16.6 Å². The normalized spacial score (nSPS) is 12.2. The second-order valence-corrected chi connectivity index (χ2v) is 7.47. The third-order valence-electron chi connectivity index (χ3n) is 3.69. The smallest absolute Gasteiger partial charge is 0.243 e. The van der Waals surface area contributed by atoms with E-state index in [-0.39, 0.29) is 11.4 Å². The number of hydrogen-bond acceptors (Lipinski definition) is 3. The Morgan fingerprint density at radius 3 is 2.57 bits per heavy atom. The van der Waals surface area contributed by atoms with Gasteiger partial charge in [0.15, 0.2) is 0 Å². The molecule has 0 unspecified atom stereocenters. The monoisotopic (exact) mass is 333 g/mol. The van der Waals surface area contributed by atoms with Crippen LogP contribution in [0, 0.1) is 12.7 Å². The van der Waals surface area contributed by atoms with E-state index in [0.29, 0.717) is 16.9 Å². The molecule has 0 bridgehead atoms. The van der Waals surface area contributed by atoms with Crippen molar-refractivity contribution in [2.45, 2.75) is 18.4 Å². The molecule has 0 amide bonds. The summed E-state index contributed by atoms with van der Waals surface area (Å²) in [4.78, 5) is 0.0648. The van der Waals surface area contributed by atoms with Crippen molar-refractivity contribution in [3.8, 4) is 0 Å². The van der Waals surface area contributed by atoms with E-state index in [0.717, 1.165) is 11.5 Å². The number of halogens is 1. The van der Waals surface area contributed by atoms with Crippen molar-refractivity contribution in [2.75, 3.05) is 7.05 Å². The molecule has 120 valence electrons. The molecule has 2 aromatic carbocycles. The third-order valence-corrected chi connectivity index (χ3v) is 5.49. The van der Waals surface area contributed by atoms with Crippen molar-refractivity contribution >= 4 is 21.0 Å². The fourth-order valence-electron chi connectivity index (χ4n) is 2.38. The summed E-state index contributed by atoms with van der Waals surface area (Å²) in [6, 6.07) is 13.1. The number of hydrogen-bond donors (Lipinski definition) is 0. The van der Waals surface area contributed by atoms with Crippen LogP contribution in [0.15, 0.2) is 57.8 Å². The molecule has 4 nitrogen and oxygen atoms in total. The number of sulfonamides is 1. The fraction of sp³-hybridized carbons (Fsp3) is 0.176. The van der Waals surface area contributed by atoms with Crippen LogP contribution in [-0.4, -0.2) is 19.8 Å². The summed E-state index contributed by atoms with van der Waals surface area (Å²) in [7, 11) is -2.23. The first kappa shape index (κ1) is 15.7. The Morgan fingerprint density at radius 2 is 1.87 bits per heavy atom. The van der Waals surface area contributed by atoms with Gasteiger partial charge in [0.25, 0.3) is 0 Å². The van der Waals surface area contributed by atoms with Gasteiger partial charge in [0, 0.05) is 12.4 Å². The number of fused-ring (bicyclic) bond motifs is 1. The van der Waals surface area contributed by atoms with Gasteiger partial charge < -0.3 is 4.42 Å². The van der Waals surface area contributed by atoms with E-state index < -0.39 is 15.8 Å². The molecule has 0 atom stereocenters. The highest BCUT2D eigenvalue weighted by molar-refractivity contribution is 7.89. The summed E-state index contributed by atoms with van der Waals surface area (Å²) in [6.07, 6.45) is 0. The summed E-state index contributed by atoms with van der Waals surface area (Å²) in [6.45, 7) is 1.64. The maximum Gasteiger partial charge on any atom is 0.243 e. The summed E-state index contributed by atoms with van der Waals surface area (Å²) in [5.41, 5.74) is 1.01. The molecule has 1 aromatic heterocycles. The molecule has 0 N–H and O–H groups in total. The van der Waals surface area contributed by atoms with E-state index >= 15 is 0 Å². The van der Waals surface area contributed by atoms with Crippen LogP contribution in [0.3, 0.4) is 0 Å². The molecule has 3 rings (SSSR count). The first-order valence-electron chi connectivity index (χ1n) is 7.08. The second kappa shape index (κ2) is 5.79. The number of rotatable bonds is 4. The second-order valence-electron chi connectivity index (χ2n) is 5.42. The van der Waals surface area contributed by atoms with Crippen molar-refractivity contribution in [1.82, 2.24) is 4.31 Å². The third kappa shape index (κ3) is 3.00. The minimum atomic E-state index is -3.71. The zero-order valence-electron chi connectivity index (χ0n) is 12.8. The molecule has 0 aliphatic rings. The van der Waals surface area contributed by atoms with Crippen LogP contribution in [0.4, 0.5) is 4.39 Å². The van der Waals surface area contributed by atoms with Gasteiger partial charge in [0.05, 0.1) is 11.4 Å². The summed E-state index contributed by atoms with van der Waals surface area (Å²) >= 11 is 0. The Kier molecular flexibility index (Phi) is 3.95. The molecule has 0 aliphatic carbocycles. The molecule has 0 radical (unpaired) electrons. The Labute approximate surface area is 134 Å². The Balaban J connectivity index is 1.88. The van der Waals surface area contributed by atoms with Crippen molar-refractivity contribution < 1.29 is 17.2 Å². The molecule has 0 fully saturated rings. The topological polar surface area (TPSA) is 50.5 Å². The number of nitrogens with zero attached hydrogens (tertiary/aromatic N) is 1. The lowest BCUT2D eigenvalue weighted by Crippen LogP contribution is -2.26. The van der Waals surface area contributed by atoms with Gasteiger partial charge in [0.1, 0.15) is 17.2 Å². The molecule has 0 saturated heterocycles. The van der Waals surface area contributed by atoms with E-state index in [2.05, 4.69) is 0 Å². The minimum Gasteiger partial charge on any atom is -0.460 e. The molecule has 0 aliphatic heterocycles. The Hall–Kier alpha value is -2.18. The van der Waals surface area contributed by atoms with Gasteiger partial charge in [-0.3, -0.25) is 0 Å². The maximum absolute atomic E-state index is 13.3. The predicted octanol–water partition coefficient (Wildman–Crippen LogP) is 3.70. The van der Waals surface area contributed by atoms with Gasteiger partial charge in [-0.2, -0.15) is 4.31 Å². The number of furan rings is 1. The predicted molar refractivity (Wildman–Crippen MR) is 86.0 cm³/mol. The summed E-state index contributed by atoms with van der Waals surface area (Å²) < 4.78 is 45.3. The summed E-state index contributed by atoms with van der Waals surface area (Å²) in [5.74, 6) is 0.125. The van der Waals surface area contributed by atoms with Gasteiger partial charge in [-0.25, -0.2) is 12.8 Å². The average Bonchev–Trinajstić information content (AvgIpc) is 2.92. The SMILES string of the molecule is Cc1cc(S(=O)(=O)N(C)Cc2cc3ccccc3o2)ccc1F. The zero-order chi connectivity index (χ0) is 16.6. The summed E-state index contributed by atoms with van der Waals surface area (Å²) in [5, 5.41) is 0.922. The number of para-hydroxylation sites is 1.